The molecule has 0 saturated heterocycles. The molecule has 0 fully saturated rings. The van der Waals surface area contributed by atoms with E-state index < -0.39 is 11.9 Å². The van der Waals surface area contributed by atoms with Crippen LogP contribution >= 0.6 is 23.4 Å². The van der Waals surface area contributed by atoms with Gasteiger partial charge in [-0.25, -0.2) is 19.6 Å². The zero-order chi connectivity index (χ0) is 21.6. The van der Waals surface area contributed by atoms with E-state index in [0.29, 0.717) is 27.9 Å². The number of aryl methyl sites for hydroxylation is 2. The highest BCUT2D eigenvalue weighted by molar-refractivity contribution is 7.99. The fraction of sp³-hybridized carbons (Fsp3) is 0.263. The van der Waals surface area contributed by atoms with Crippen LogP contribution in [0.1, 0.15) is 18.3 Å². The van der Waals surface area contributed by atoms with Crippen molar-refractivity contribution in [2.24, 2.45) is 7.05 Å². The monoisotopic (exact) mass is 452 g/mol. The van der Waals surface area contributed by atoms with Crippen LogP contribution in [0.4, 0.5) is 13.2 Å². The van der Waals surface area contributed by atoms with Gasteiger partial charge in [-0.3, -0.25) is 0 Å². The van der Waals surface area contributed by atoms with E-state index in [0.717, 1.165) is 16.7 Å². The van der Waals surface area contributed by atoms with Gasteiger partial charge in [0.15, 0.2) is 11.6 Å². The molecule has 0 aromatic carbocycles. The summed E-state index contributed by atoms with van der Waals surface area (Å²) in [6, 6.07) is 4.67. The highest BCUT2D eigenvalue weighted by Gasteiger charge is 2.34. The number of fused-ring (bicyclic) bond motifs is 1. The number of hydrogen-bond donors (Lipinski definition) is 0. The highest BCUT2D eigenvalue weighted by atomic mass is 35.5. The molecule has 4 aromatic rings. The lowest BCUT2D eigenvalue weighted by Gasteiger charge is -2.11. The first kappa shape index (κ1) is 20.7. The summed E-state index contributed by atoms with van der Waals surface area (Å²) in [5.74, 6) is 1.77. The maximum atomic E-state index is 13.2. The Morgan fingerprint density at radius 3 is 2.57 bits per heavy atom. The van der Waals surface area contributed by atoms with Gasteiger partial charge in [0, 0.05) is 11.9 Å². The van der Waals surface area contributed by atoms with E-state index in [9.17, 15) is 13.2 Å². The van der Waals surface area contributed by atoms with Gasteiger partial charge in [0.2, 0.25) is 0 Å². The number of imidazole rings is 1. The third-order valence-corrected chi connectivity index (χ3v) is 5.58. The molecular weight excluding hydrogens is 437 g/mol. The van der Waals surface area contributed by atoms with Crippen LogP contribution in [0.5, 0.6) is 0 Å². The lowest BCUT2D eigenvalue weighted by molar-refractivity contribution is -0.141. The summed E-state index contributed by atoms with van der Waals surface area (Å²) in [5, 5.41) is 4.63. The van der Waals surface area contributed by atoms with Crippen LogP contribution in [0.25, 0.3) is 28.4 Å². The van der Waals surface area contributed by atoms with Gasteiger partial charge in [0.05, 0.1) is 34.1 Å². The third-order valence-electron chi connectivity index (χ3n) is 4.46. The molecule has 0 saturated carbocycles. The van der Waals surface area contributed by atoms with E-state index in [2.05, 4.69) is 15.1 Å². The summed E-state index contributed by atoms with van der Waals surface area (Å²) < 4.78 is 42.9. The molecule has 0 bridgehead atoms. The minimum atomic E-state index is -4.54. The summed E-state index contributed by atoms with van der Waals surface area (Å²) in [6.45, 7) is 3.55. The number of nitrogens with zero attached hydrogens (tertiary/aromatic N) is 6. The molecule has 11 heteroatoms. The molecule has 0 radical (unpaired) electrons. The minimum Gasteiger partial charge on any atom is -0.324 e. The fourth-order valence-corrected chi connectivity index (χ4v) is 4.11. The van der Waals surface area contributed by atoms with Gasteiger partial charge in [0.1, 0.15) is 11.4 Å². The topological polar surface area (TPSA) is 61.4 Å². The maximum Gasteiger partial charge on any atom is 0.433 e. The number of aromatic nitrogens is 6. The Morgan fingerprint density at radius 2 is 1.93 bits per heavy atom. The van der Waals surface area contributed by atoms with Gasteiger partial charge in [-0.1, -0.05) is 18.5 Å². The Kier molecular flexibility index (Phi) is 5.23. The van der Waals surface area contributed by atoms with Gasteiger partial charge in [-0.05, 0) is 30.9 Å². The summed E-state index contributed by atoms with van der Waals surface area (Å²) in [6.07, 6.45) is -1.42. The van der Waals surface area contributed by atoms with Crippen molar-refractivity contribution in [3.05, 3.63) is 47.0 Å². The smallest absolute Gasteiger partial charge is 0.324 e. The van der Waals surface area contributed by atoms with Gasteiger partial charge < -0.3 is 4.57 Å². The van der Waals surface area contributed by atoms with E-state index >= 15 is 0 Å². The van der Waals surface area contributed by atoms with Crippen molar-refractivity contribution in [2.45, 2.75) is 24.9 Å². The Labute approximate surface area is 179 Å². The summed E-state index contributed by atoms with van der Waals surface area (Å²) in [5.41, 5.74) is 0.584. The van der Waals surface area contributed by atoms with Crippen LogP contribution in [0, 0.1) is 6.92 Å². The molecule has 6 nitrogen and oxygen atoms in total. The highest BCUT2D eigenvalue weighted by Crippen LogP contribution is 2.35. The van der Waals surface area contributed by atoms with Crippen molar-refractivity contribution in [3.8, 4) is 17.3 Å². The molecule has 4 rings (SSSR count). The second-order valence-electron chi connectivity index (χ2n) is 6.51. The van der Waals surface area contributed by atoms with Crippen LogP contribution in [-0.2, 0) is 13.2 Å². The normalized spacial score (nSPS) is 12.1. The molecule has 0 amide bonds. The first-order valence-electron chi connectivity index (χ1n) is 8.95. The SMILES string of the molecule is CCSc1ccc(-n2cc(Cl)cn2)nc1-c1nc2cc(C(F)(F)F)nc(C)c2n1C. The Balaban J connectivity index is 1.94. The molecule has 0 N–H and O–H groups in total. The largest absolute Gasteiger partial charge is 0.433 e. The van der Waals surface area contributed by atoms with E-state index in [4.69, 9.17) is 16.6 Å². The van der Waals surface area contributed by atoms with E-state index in [1.54, 1.807) is 36.5 Å². The van der Waals surface area contributed by atoms with Gasteiger partial charge in [-0.15, -0.1) is 11.8 Å². The second-order valence-corrected chi connectivity index (χ2v) is 8.25. The van der Waals surface area contributed by atoms with Crippen molar-refractivity contribution in [3.63, 3.8) is 0 Å². The molecule has 0 aliphatic carbocycles. The number of alkyl halides is 3. The first-order chi connectivity index (χ1) is 14.2. The molecule has 0 aliphatic rings. The fourth-order valence-electron chi connectivity index (χ4n) is 3.22. The molecule has 0 unspecified atom stereocenters. The minimum absolute atomic E-state index is 0.217. The number of hydrogen-bond acceptors (Lipinski definition) is 5. The molecule has 30 heavy (non-hydrogen) atoms. The van der Waals surface area contributed by atoms with E-state index in [1.807, 2.05) is 19.1 Å². The van der Waals surface area contributed by atoms with Crippen molar-refractivity contribution in [1.29, 1.82) is 0 Å². The Morgan fingerprint density at radius 1 is 1.17 bits per heavy atom. The van der Waals surface area contributed by atoms with Crippen LogP contribution in [0.15, 0.2) is 35.5 Å². The molecule has 4 heterocycles. The third kappa shape index (κ3) is 3.65. The molecule has 0 aliphatic heterocycles. The predicted octanol–water partition coefficient (Wildman–Crippen LogP) is 5.31. The molecule has 0 atom stereocenters. The molecule has 4 aromatic heterocycles. The van der Waals surface area contributed by atoms with Crippen LogP contribution in [-0.4, -0.2) is 35.1 Å². The zero-order valence-corrected chi connectivity index (χ0v) is 17.8. The van der Waals surface area contributed by atoms with Crippen molar-refractivity contribution in [2.75, 3.05) is 5.75 Å². The zero-order valence-electron chi connectivity index (χ0n) is 16.2. The van der Waals surface area contributed by atoms with Crippen molar-refractivity contribution in [1.82, 2.24) is 29.3 Å². The lowest BCUT2D eigenvalue weighted by atomic mass is 10.2. The first-order valence-corrected chi connectivity index (χ1v) is 10.3. The number of rotatable bonds is 4. The second kappa shape index (κ2) is 7.59. The van der Waals surface area contributed by atoms with E-state index in [-0.39, 0.29) is 11.2 Å². The quantitative estimate of drug-likeness (QED) is 0.393. The van der Waals surface area contributed by atoms with E-state index in [1.165, 1.54) is 10.9 Å². The van der Waals surface area contributed by atoms with Crippen LogP contribution in [0.3, 0.4) is 0 Å². The lowest BCUT2D eigenvalue weighted by Crippen LogP contribution is -2.09. The summed E-state index contributed by atoms with van der Waals surface area (Å²) >= 11 is 7.53. The number of halogens is 4. The van der Waals surface area contributed by atoms with Gasteiger partial charge in [0.25, 0.3) is 0 Å². The summed E-state index contributed by atoms with van der Waals surface area (Å²) in [7, 11) is 1.74. The average Bonchev–Trinajstić information content (AvgIpc) is 3.25. The Hall–Kier alpha value is -2.59. The van der Waals surface area contributed by atoms with Crippen LogP contribution < -0.4 is 0 Å². The molecule has 0 spiro atoms. The van der Waals surface area contributed by atoms with Gasteiger partial charge in [-0.2, -0.15) is 18.3 Å². The van der Waals surface area contributed by atoms with Crippen molar-refractivity contribution >= 4 is 34.4 Å². The molecular formula is C19H16ClF3N6S. The summed E-state index contributed by atoms with van der Waals surface area (Å²) in [4.78, 5) is 13.8. The number of pyridine rings is 2. The average molecular weight is 453 g/mol. The van der Waals surface area contributed by atoms with Crippen LogP contribution in [0.2, 0.25) is 5.02 Å². The maximum absolute atomic E-state index is 13.2. The molecule has 156 valence electrons. The number of thioether (sulfide) groups is 1. The van der Waals surface area contributed by atoms with Crippen molar-refractivity contribution < 1.29 is 13.2 Å². The Bertz CT molecular complexity index is 1250. The standard InChI is InChI=1S/C19H16ClF3N6S/c1-4-30-13-5-6-15(29-9-11(20)8-24-29)27-16(13)18-26-12-7-14(19(21,22)23)25-10(2)17(12)28(18)3/h5-9H,4H2,1-3H3. The van der Waals surface area contributed by atoms with Gasteiger partial charge >= 0.3 is 6.18 Å². The predicted molar refractivity (Wildman–Crippen MR) is 110 cm³/mol.